The van der Waals surface area contributed by atoms with Gasteiger partial charge < -0.3 is 19.7 Å². The van der Waals surface area contributed by atoms with Gasteiger partial charge in [0.15, 0.2) is 11.5 Å². The molecule has 1 N–H and O–H groups in total. The highest BCUT2D eigenvalue weighted by Gasteiger charge is 2.32. The average Bonchev–Trinajstić information content (AvgIpc) is 2.95. The molecule has 0 spiro atoms. The maximum atomic E-state index is 13.8. The highest BCUT2D eigenvalue weighted by atomic mass is 32.2. The molecule has 212 valence electrons. The van der Waals surface area contributed by atoms with Crippen molar-refractivity contribution in [3.8, 4) is 11.5 Å². The lowest BCUT2D eigenvalue weighted by molar-refractivity contribution is -0.139. The number of benzene rings is 2. The molecule has 9 nitrogen and oxygen atoms in total. The molecule has 2 amide bonds. The van der Waals surface area contributed by atoms with Gasteiger partial charge in [-0.05, 0) is 56.5 Å². The highest BCUT2D eigenvalue weighted by Crippen LogP contribution is 2.35. The third kappa shape index (κ3) is 7.20. The van der Waals surface area contributed by atoms with Gasteiger partial charge >= 0.3 is 0 Å². The van der Waals surface area contributed by atoms with Gasteiger partial charge in [0.05, 0.1) is 11.4 Å². The number of carbonyl (C=O) groups excluding carboxylic acids is 2. The van der Waals surface area contributed by atoms with Crippen LogP contribution in [0.4, 0.5) is 10.1 Å². The molecular weight excluding hydrogens is 525 g/mol. The highest BCUT2D eigenvalue weighted by molar-refractivity contribution is 7.92. The third-order valence-electron chi connectivity index (χ3n) is 7.18. The van der Waals surface area contributed by atoms with Gasteiger partial charge in [-0.15, -0.1) is 0 Å². The SMILES string of the molecule is CCS(=O)(=O)N(CC(=O)N(Cc1ccc(F)cc1)C(C)C(=O)NC1CCCCC1)c1ccc2c(c1)OCCO2. The van der Waals surface area contributed by atoms with E-state index in [0.29, 0.717) is 30.3 Å². The summed E-state index contributed by atoms with van der Waals surface area (Å²) >= 11 is 0. The zero-order valence-electron chi connectivity index (χ0n) is 22.4. The summed E-state index contributed by atoms with van der Waals surface area (Å²) < 4.78 is 52.0. The molecule has 1 saturated carbocycles. The molecule has 11 heteroatoms. The summed E-state index contributed by atoms with van der Waals surface area (Å²) in [6.45, 7) is 3.34. The summed E-state index contributed by atoms with van der Waals surface area (Å²) in [4.78, 5) is 28.4. The number of fused-ring (bicyclic) bond motifs is 1. The van der Waals surface area contributed by atoms with Crippen molar-refractivity contribution in [2.75, 3.05) is 29.8 Å². The van der Waals surface area contributed by atoms with Crippen molar-refractivity contribution in [2.45, 2.75) is 64.6 Å². The number of halogens is 1. The lowest BCUT2D eigenvalue weighted by atomic mass is 9.95. The quantitative estimate of drug-likeness (QED) is 0.475. The Hall–Kier alpha value is -3.34. The Morgan fingerprint density at radius 1 is 1.03 bits per heavy atom. The summed E-state index contributed by atoms with van der Waals surface area (Å²) in [5, 5.41) is 3.05. The maximum absolute atomic E-state index is 13.8. The molecule has 1 atom stereocenters. The molecule has 1 heterocycles. The first-order valence-corrected chi connectivity index (χ1v) is 15.0. The summed E-state index contributed by atoms with van der Waals surface area (Å²) in [7, 11) is -3.88. The van der Waals surface area contributed by atoms with Crippen LogP contribution in [0.2, 0.25) is 0 Å². The van der Waals surface area contributed by atoms with Gasteiger partial charge in [-0.2, -0.15) is 0 Å². The molecule has 0 aromatic heterocycles. The van der Waals surface area contributed by atoms with Crippen molar-refractivity contribution in [2.24, 2.45) is 0 Å². The number of rotatable bonds is 10. The molecule has 2 aromatic rings. The maximum Gasteiger partial charge on any atom is 0.244 e. The monoisotopic (exact) mass is 561 g/mol. The van der Waals surface area contributed by atoms with Gasteiger partial charge in [0.1, 0.15) is 31.6 Å². The molecule has 0 saturated heterocycles. The zero-order valence-corrected chi connectivity index (χ0v) is 23.2. The first-order valence-electron chi connectivity index (χ1n) is 13.4. The molecule has 2 aromatic carbocycles. The minimum absolute atomic E-state index is 0.0134. The number of hydrogen-bond acceptors (Lipinski definition) is 6. The Balaban J connectivity index is 1.61. The average molecular weight is 562 g/mol. The van der Waals surface area contributed by atoms with Crippen LogP contribution in [0, 0.1) is 5.82 Å². The summed E-state index contributed by atoms with van der Waals surface area (Å²) in [6, 6.07) is 9.55. The normalized spacial score (nSPS) is 16.3. The van der Waals surface area contributed by atoms with Crippen LogP contribution in [0.15, 0.2) is 42.5 Å². The molecule has 0 bridgehead atoms. The van der Waals surface area contributed by atoms with Crippen LogP contribution in [0.1, 0.15) is 51.5 Å². The van der Waals surface area contributed by atoms with Gasteiger partial charge in [-0.1, -0.05) is 31.4 Å². The molecule has 39 heavy (non-hydrogen) atoms. The molecule has 1 fully saturated rings. The Bertz CT molecular complexity index is 1260. The number of amides is 2. The van der Waals surface area contributed by atoms with Gasteiger partial charge in [0, 0.05) is 18.7 Å². The lowest BCUT2D eigenvalue weighted by Crippen LogP contribution is -2.53. The van der Waals surface area contributed by atoms with E-state index in [0.717, 1.165) is 36.4 Å². The van der Waals surface area contributed by atoms with Crippen LogP contribution < -0.4 is 19.1 Å². The molecule has 2 aliphatic rings. The summed E-state index contributed by atoms with van der Waals surface area (Å²) in [6.07, 6.45) is 4.99. The molecule has 1 aliphatic heterocycles. The molecule has 1 aliphatic carbocycles. The molecule has 4 rings (SSSR count). The smallest absolute Gasteiger partial charge is 0.244 e. The number of nitrogens with one attached hydrogen (secondary N) is 1. The van der Waals surface area contributed by atoms with Crippen molar-refractivity contribution >= 4 is 27.5 Å². The van der Waals surface area contributed by atoms with Crippen molar-refractivity contribution < 1.29 is 31.9 Å². The number of carbonyl (C=O) groups is 2. The van der Waals surface area contributed by atoms with Crippen LogP contribution in [0.5, 0.6) is 11.5 Å². The van der Waals surface area contributed by atoms with Crippen molar-refractivity contribution in [1.29, 1.82) is 0 Å². The third-order valence-corrected chi connectivity index (χ3v) is 8.92. The van der Waals surface area contributed by atoms with Crippen LogP contribution in [-0.4, -0.2) is 62.7 Å². The van der Waals surface area contributed by atoms with Gasteiger partial charge in [0.25, 0.3) is 0 Å². The van der Waals surface area contributed by atoms with E-state index in [1.807, 2.05) is 0 Å². The standard InChI is InChI=1S/C28H36FN3O6S/c1-3-39(35,36)32(24-13-14-25-26(17-24)38-16-15-37-25)19-27(33)31(18-21-9-11-22(29)12-10-21)20(2)28(34)30-23-7-5-4-6-8-23/h9-14,17,20,23H,3-8,15-16,18-19H2,1-2H3,(H,30,34). The van der Waals surface area contributed by atoms with E-state index in [1.54, 1.807) is 37.3 Å². The Kier molecular flexibility index (Phi) is 9.32. The topological polar surface area (TPSA) is 105 Å². The second-order valence-corrected chi connectivity index (χ2v) is 12.1. The number of ether oxygens (including phenoxy) is 2. The van der Waals surface area contributed by atoms with E-state index in [1.165, 1.54) is 24.0 Å². The van der Waals surface area contributed by atoms with Crippen molar-refractivity contribution in [3.05, 3.63) is 53.8 Å². The number of hydrogen-bond donors (Lipinski definition) is 1. The van der Waals surface area contributed by atoms with E-state index < -0.39 is 34.3 Å². The molecular formula is C28H36FN3O6S. The fourth-order valence-corrected chi connectivity index (χ4v) is 5.90. The van der Waals surface area contributed by atoms with E-state index >= 15 is 0 Å². The lowest BCUT2D eigenvalue weighted by Gasteiger charge is -2.33. The second-order valence-electron chi connectivity index (χ2n) is 9.90. The summed E-state index contributed by atoms with van der Waals surface area (Å²) in [5.41, 5.74) is 0.877. The van der Waals surface area contributed by atoms with Crippen LogP contribution >= 0.6 is 0 Å². The van der Waals surface area contributed by atoms with Crippen LogP contribution in [0.25, 0.3) is 0 Å². The van der Waals surface area contributed by atoms with Gasteiger partial charge in [0.2, 0.25) is 21.8 Å². The Morgan fingerprint density at radius 3 is 2.36 bits per heavy atom. The van der Waals surface area contributed by atoms with E-state index in [2.05, 4.69) is 5.32 Å². The predicted molar refractivity (Wildman–Crippen MR) is 146 cm³/mol. The van der Waals surface area contributed by atoms with E-state index in [9.17, 15) is 22.4 Å². The van der Waals surface area contributed by atoms with Crippen molar-refractivity contribution in [3.63, 3.8) is 0 Å². The largest absolute Gasteiger partial charge is 0.486 e. The van der Waals surface area contributed by atoms with E-state index in [4.69, 9.17) is 9.47 Å². The first-order chi connectivity index (χ1) is 18.7. The molecule has 1 unspecified atom stereocenters. The Morgan fingerprint density at radius 2 is 1.69 bits per heavy atom. The minimum Gasteiger partial charge on any atom is -0.486 e. The summed E-state index contributed by atoms with van der Waals surface area (Å²) in [5.74, 6) is -0.621. The zero-order chi connectivity index (χ0) is 28.0. The second kappa shape index (κ2) is 12.7. The Labute approximate surface area is 229 Å². The number of sulfonamides is 1. The fourth-order valence-electron chi connectivity index (χ4n) is 4.84. The van der Waals surface area contributed by atoms with Gasteiger partial charge in [-0.3, -0.25) is 13.9 Å². The minimum atomic E-state index is -3.88. The number of anilines is 1. The van der Waals surface area contributed by atoms with Crippen molar-refractivity contribution in [1.82, 2.24) is 10.2 Å². The van der Waals surface area contributed by atoms with Crippen LogP contribution in [0.3, 0.4) is 0 Å². The fraction of sp³-hybridized carbons (Fsp3) is 0.500. The first kappa shape index (κ1) is 28.7. The van der Waals surface area contributed by atoms with Crippen LogP contribution in [-0.2, 0) is 26.2 Å². The van der Waals surface area contributed by atoms with Gasteiger partial charge in [-0.25, -0.2) is 12.8 Å². The molecule has 0 radical (unpaired) electrons. The predicted octanol–water partition coefficient (Wildman–Crippen LogP) is 3.62. The van der Waals surface area contributed by atoms with E-state index in [-0.39, 0.29) is 29.9 Å². The number of nitrogens with zero attached hydrogens (tertiary/aromatic N) is 2.